The second-order valence-corrected chi connectivity index (χ2v) is 3.98. The van der Waals surface area contributed by atoms with Crippen LogP contribution in [0.15, 0.2) is 0 Å². The van der Waals surface area contributed by atoms with Crippen molar-refractivity contribution in [3.63, 3.8) is 0 Å². The quantitative estimate of drug-likeness (QED) is 0.653. The minimum Gasteiger partial charge on any atom is -0.387 e. The van der Waals surface area contributed by atoms with E-state index in [9.17, 15) is 10.2 Å². The summed E-state index contributed by atoms with van der Waals surface area (Å²) in [5.41, 5.74) is 0. The summed E-state index contributed by atoms with van der Waals surface area (Å²) in [4.78, 5) is 0. The molecule has 2 aliphatic rings. The van der Waals surface area contributed by atoms with Crippen LogP contribution in [-0.2, 0) is 18.9 Å². The highest BCUT2D eigenvalue weighted by Crippen LogP contribution is 2.28. The Morgan fingerprint density at radius 3 is 2.69 bits per heavy atom. The summed E-state index contributed by atoms with van der Waals surface area (Å²) in [7, 11) is 0. The molecule has 0 bridgehead atoms. The lowest BCUT2D eigenvalue weighted by Gasteiger charge is -2.45. The highest BCUT2D eigenvalue weighted by Gasteiger charge is 2.48. The molecule has 2 fully saturated rings. The molecule has 2 aliphatic heterocycles. The van der Waals surface area contributed by atoms with Gasteiger partial charge in [-0.15, -0.1) is 0 Å². The maximum Gasteiger partial charge on any atom is 0.186 e. The Balaban J connectivity index is 2.04. The van der Waals surface area contributed by atoms with Gasteiger partial charge in [-0.25, -0.2) is 0 Å². The van der Waals surface area contributed by atoms with Gasteiger partial charge in [0.1, 0.15) is 24.4 Å². The lowest BCUT2D eigenvalue weighted by atomic mass is 9.98. The van der Waals surface area contributed by atoms with Crippen LogP contribution >= 0.6 is 0 Å². The number of ether oxygens (including phenoxy) is 4. The first kappa shape index (κ1) is 12.2. The van der Waals surface area contributed by atoms with E-state index in [1.54, 1.807) is 13.8 Å². The minimum absolute atomic E-state index is 0.333. The Bertz CT molecular complexity index is 233. The number of rotatable bonds is 2. The fourth-order valence-electron chi connectivity index (χ4n) is 2.00. The average molecular weight is 234 g/mol. The molecule has 6 atom stereocenters. The molecule has 0 saturated carbocycles. The fourth-order valence-corrected chi connectivity index (χ4v) is 2.00. The molecule has 2 N–H and O–H groups in total. The normalized spacial score (nSPS) is 48.8. The van der Waals surface area contributed by atoms with Crippen LogP contribution in [-0.4, -0.2) is 60.4 Å². The predicted molar refractivity (Wildman–Crippen MR) is 52.6 cm³/mol. The van der Waals surface area contributed by atoms with Crippen molar-refractivity contribution < 1.29 is 29.2 Å². The third-order valence-electron chi connectivity index (χ3n) is 2.82. The van der Waals surface area contributed by atoms with E-state index in [1.807, 2.05) is 0 Å². The van der Waals surface area contributed by atoms with Crippen molar-refractivity contribution in [2.24, 2.45) is 0 Å². The summed E-state index contributed by atoms with van der Waals surface area (Å²) >= 11 is 0. The van der Waals surface area contributed by atoms with Crippen molar-refractivity contribution in [3.05, 3.63) is 0 Å². The largest absolute Gasteiger partial charge is 0.387 e. The highest BCUT2D eigenvalue weighted by molar-refractivity contribution is 4.91. The SMILES string of the molecule is CCO[C@@H]1O[C@@H]2COC(C)O[C@H]2[C@H](O)[C@H]1O. The van der Waals surface area contributed by atoms with E-state index in [2.05, 4.69) is 0 Å². The molecule has 16 heavy (non-hydrogen) atoms. The molecule has 0 amide bonds. The van der Waals surface area contributed by atoms with E-state index in [4.69, 9.17) is 18.9 Å². The standard InChI is InChI=1S/C10H18O6/c1-3-13-10-8(12)7(11)9-6(16-10)4-14-5(2)15-9/h5-12H,3-4H2,1-2H3/t5?,6-,7-,8-,9-,10-/m1/s1. The minimum atomic E-state index is -1.09. The van der Waals surface area contributed by atoms with Gasteiger partial charge in [-0.2, -0.15) is 0 Å². The van der Waals surface area contributed by atoms with Crippen molar-refractivity contribution in [1.29, 1.82) is 0 Å². The van der Waals surface area contributed by atoms with Gasteiger partial charge in [0.25, 0.3) is 0 Å². The summed E-state index contributed by atoms with van der Waals surface area (Å²) in [6.07, 6.45) is -4.27. The Kier molecular flexibility index (Phi) is 3.78. The Hall–Kier alpha value is -0.240. The van der Waals surface area contributed by atoms with Crippen molar-refractivity contribution in [3.8, 4) is 0 Å². The average Bonchev–Trinajstić information content (AvgIpc) is 2.27. The zero-order valence-electron chi connectivity index (χ0n) is 9.41. The van der Waals surface area contributed by atoms with Crippen molar-refractivity contribution in [1.82, 2.24) is 0 Å². The predicted octanol–water partition coefficient (Wildman–Crippen LogP) is -0.769. The Morgan fingerprint density at radius 2 is 2.00 bits per heavy atom. The molecule has 0 aromatic carbocycles. The van der Waals surface area contributed by atoms with Gasteiger partial charge < -0.3 is 29.2 Å². The second-order valence-electron chi connectivity index (χ2n) is 3.98. The Labute approximate surface area is 94.1 Å². The monoisotopic (exact) mass is 234 g/mol. The first-order valence-electron chi connectivity index (χ1n) is 5.53. The van der Waals surface area contributed by atoms with E-state index in [0.717, 1.165) is 0 Å². The van der Waals surface area contributed by atoms with Crippen LogP contribution in [0.4, 0.5) is 0 Å². The first-order chi connectivity index (χ1) is 7.63. The maximum atomic E-state index is 9.90. The third kappa shape index (κ3) is 2.22. The summed E-state index contributed by atoms with van der Waals surface area (Å²) in [5.74, 6) is 0. The van der Waals surface area contributed by atoms with Gasteiger partial charge in [0.05, 0.1) is 6.61 Å². The van der Waals surface area contributed by atoms with Gasteiger partial charge in [0.2, 0.25) is 0 Å². The molecule has 94 valence electrons. The van der Waals surface area contributed by atoms with Crippen LogP contribution in [0.5, 0.6) is 0 Å². The van der Waals surface area contributed by atoms with E-state index in [1.165, 1.54) is 0 Å². The number of hydrogen-bond acceptors (Lipinski definition) is 6. The van der Waals surface area contributed by atoms with Gasteiger partial charge in [-0.05, 0) is 13.8 Å². The zero-order chi connectivity index (χ0) is 11.7. The molecular formula is C10H18O6. The molecule has 0 aliphatic carbocycles. The van der Waals surface area contributed by atoms with Crippen molar-refractivity contribution in [2.45, 2.75) is 50.8 Å². The second kappa shape index (κ2) is 4.95. The number of hydrogen-bond donors (Lipinski definition) is 2. The Morgan fingerprint density at radius 1 is 1.25 bits per heavy atom. The fraction of sp³-hybridized carbons (Fsp3) is 1.00. The van der Waals surface area contributed by atoms with Crippen molar-refractivity contribution in [2.75, 3.05) is 13.2 Å². The molecule has 6 nitrogen and oxygen atoms in total. The molecule has 2 heterocycles. The van der Waals surface area contributed by atoms with Crippen LogP contribution < -0.4 is 0 Å². The van der Waals surface area contributed by atoms with Gasteiger partial charge in [0.15, 0.2) is 12.6 Å². The van der Waals surface area contributed by atoms with Crippen LogP contribution in [0.3, 0.4) is 0 Å². The molecule has 0 aromatic rings. The number of aliphatic hydroxyl groups excluding tert-OH is 2. The molecule has 6 heteroatoms. The molecule has 1 unspecified atom stereocenters. The zero-order valence-corrected chi connectivity index (χ0v) is 9.41. The molecule has 2 rings (SSSR count). The third-order valence-corrected chi connectivity index (χ3v) is 2.82. The number of fused-ring (bicyclic) bond motifs is 1. The van der Waals surface area contributed by atoms with Crippen LogP contribution in [0.25, 0.3) is 0 Å². The first-order valence-corrected chi connectivity index (χ1v) is 5.53. The molecule has 0 radical (unpaired) electrons. The smallest absolute Gasteiger partial charge is 0.186 e. The maximum absolute atomic E-state index is 9.90. The molecule has 0 aromatic heterocycles. The van der Waals surface area contributed by atoms with Gasteiger partial charge in [0, 0.05) is 6.61 Å². The molecule has 2 saturated heterocycles. The van der Waals surface area contributed by atoms with Crippen LogP contribution in [0.2, 0.25) is 0 Å². The van der Waals surface area contributed by atoms with E-state index in [0.29, 0.717) is 13.2 Å². The summed E-state index contributed by atoms with van der Waals surface area (Å²) in [6, 6.07) is 0. The topological polar surface area (TPSA) is 77.4 Å². The van der Waals surface area contributed by atoms with E-state index < -0.39 is 37.0 Å². The molecule has 0 spiro atoms. The number of aliphatic hydroxyl groups is 2. The summed E-state index contributed by atoms with van der Waals surface area (Å²) in [5, 5.41) is 19.7. The summed E-state index contributed by atoms with van der Waals surface area (Å²) in [6.45, 7) is 4.28. The van der Waals surface area contributed by atoms with Gasteiger partial charge >= 0.3 is 0 Å². The highest BCUT2D eigenvalue weighted by atomic mass is 16.8. The molecular weight excluding hydrogens is 216 g/mol. The van der Waals surface area contributed by atoms with Crippen molar-refractivity contribution >= 4 is 0 Å². The lowest BCUT2D eigenvalue weighted by molar-refractivity contribution is -0.355. The van der Waals surface area contributed by atoms with Crippen LogP contribution in [0.1, 0.15) is 13.8 Å². The summed E-state index contributed by atoms with van der Waals surface area (Å²) < 4.78 is 21.3. The van der Waals surface area contributed by atoms with Gasteiger partial charge in [-0.3, -0.25) is 0 Å². The van der Waals surface area contributed by atoms with E-state index >= 15 is 0 Å². The lowest BCUT2D eigenvalue weighted by Crippen LogP contribution is -2.62. The van der Waals surface area contributed by atoms with Gasteiger partial charge in [-0.1, -0.05) is 0 Å². The van der Waals surface area contributed by atoms with Crippen LogP contribution in [0, 0.1) is 0 Å². The van der Waals surface area contributed by atoms with E-state index in [-0.39, 0.29) is 0 Å².